The molecule has 18 heavy (non-hydrogen) atoms. The summed E-state index contributed by atoms with van der Waals surface area (Å²) in [6.07, 6.45) is 8.26. The third-order valence-electron chi connectivity index (χ3n) is 3.34. The van der Waals surface area contributed by atoms with Gasteiger partial charge in [0.25, 0.3) is 0 Å². The highest BCUT2D eigenvalue weighted by Crippen LogP contribution is 2.20. The second-order valence-corrected chi connectivity index (χ2v) is 4.58. The highest BCUT2D eigenvalue weighted by molar-refractivity contribution is 5.80. The lowest BCUT2D eigenvalue weighted by atomic mass is 9.95. The summed E-state index contributed by atoms with van der Waals surface area (Å²) < 4.78 is 0. The molecular formula is C13H20N2O3. The summed E-state index contributed by atoms with van der Waals surface area (Å²) in [6.45, 7) is 3.24. The highest BCUT2D eigenvalue weighted by Gasteiger charge is 2.26. The fourth-order valence-electron chi connectivity index (χ4n) is 2.20. The van der Waals surface area contributed by atoms with Crippen LogP contribution in [0.25, 0.3) is 0 Å². The molecule has 0 saturated carbocycles. The van der Waals surface area contributed by atoms with Crippen LogP contribution >= 0.6 is 0 Å². The zero-order valence-corrected chi connectivity index (χ0v) is 10.8. The zero-order chi connectivity index (χ0) is 13.5. The summed E-state index contributed by atoms with van der Waals surface area (Å²) in [4.78, 5) is 25.7. The van der Waals surface area contributed by atoms with E-state index in [0.717, 1.165) is 19.3 Å². The highest BCUT2D eigenvalue weighted by atomic mass is 16.4. The lowest BCUT2D eigenvalue weighted by Gasteiger charge is -2.34. The number of urea groups is 1. The van der Waals surface area contributed by atoms with Gasteiger partial charge in [0.15, 0.2) is 0 Å². The first-order chi connectivity index (χ1) is 8.58. The van der Waals surface area contributed by atoms with Gasteiger partial charge in [-0.05, 0) is 18.8 Å². The number of amides is 2. The van der Waals surface area contributed by atoms with E-state index in [1.165, 1.54) is 4.90 Å². The van der Waals surface area contributed by atoms with Crippen molar-refractivity contribution >= 4 is 12.0 Å². The molecule has 0 bridgehead atoms. The van der Waals surface area contributed by atoms with Gasteiger partial charge in [-0.25, -0.2) is 4.79 Å². The molecule has 1 heterocycles. The van der Waals surface area contributed by atoms with Crippen molar-refractivity contribution in [2.75, 3.05) is 26.2 Å². The van der Waals surface area contributed by atoms with Gasteiger partial charge in [-0.15, -0.1) is 6.42 Å². The molecular weight excluding hydrogens is 232 g/mol. The maximum absolute atomic E-state index is 12.1. The summed E-state index contributed by atoms with van der Waals surface area (Å²) in [6, 6.07) is -0.259. The smallest absolute Gasteiger partial charge is 0.323 e. The van der Waals surface area contributed by atoms with Crippen molar-refractivity contribution < 1.29 is 14.7 Å². The van der Waals surface area contributed by atoms with Gasteiger partial charge in [-0.2, -0.15) is 0 Å². The van der Waals surface area contributed by atoms with Crippen molar-refractivity contribution in [1.29, 1.82) is 0 Å². The van der Waals surface area contributed by atoms with Crippen LogP contribution < -0.4 is 0 Å². The molecule has 0 radical (unpaired) electrons. The zero-order valence-electron chi connectivity index (χ0n) is 10.8. The van der Waals surface area contributed by atoms with Crippen LogP contribution in [0.3, 0.4) is 0 Å². The minimum atomic E-state index is -1.04. The number of piperidine rings is 1. The molecule has 0 aliphatic carbocycles. The van der Waals surface area contributed by atoms with Crippen LogP contribution in [0.1, 0.15) is 26.2 Å². The number of nitrogens with zero attached hydrogens (tertiary/aromatic N) is 2. The van der Waals surface area contributed by atoms with E-state index in [-0.39, 0.29) is 19.1 Å². The Morgan fingerprint density at radius 2 is 2.06 bits per heavy atom. The third-order valence-corrected chi connectivity index (χ3v) is 3.34. The van der Waals surface area contributed by atoms with Crippen LogP contribution in [0.5, 0.6) is 0 Å². The van der Waals surface area contributed by atoms with Crippen LogP contribution in [-0.2, 0) is 4.79 Å². The monoisotopic (exact) mass is 252 g/mol. The van der Waals surface area contributed by atoms with E-state index in [1.807, 2.05) is 0 Å². The molecule has 1 saturated heterocycles. The van der Waals surface area contributed by atoms with Crippen molar-refractivity contribution in [3.63, 3.8) is 0 Å². The molecule has 1 rings (SSSR count). The molecule has 1 aliphatic heterocycles. The number of rotatable bonds is 4. The molecule has 1 aliphatic rings. The first-order valence-electron chi connectivity index (χ1n) is 6.27. The van der Waals surface area contributed by atoms with Crippen LogP contribution in [0.2, 0.25) is 0 Å². The topological polar surface area (TPSA) is 60.9 Å². The van der Waals surface area contributed by atoms with Crippen molar-refractivity contribution in [3.05, 3.63) is 0 Å². The molecule has 2 amide bonds. The predicted octanol–water partition coefficient (Wildman–Crippen LogP) is 1.25. The average Bonchev–Trinajstić information content (AvgIpc) is 2.37. The van der Waals surface area contributed by atoms with Crippen molar-refractivity contribution in [3.8, 4) is 12.3 Å². The Morgan fingerprint density at radius 3 is 2.50 bits per heavy atom. The van der Waals surface area contributed by atoms with E-state index in [9.17, 15) is 9.59 Å². The quantitative estimate of drug-likeness (QED) is 0.766. The normalized spacial score (nSPS) is 16.1. The second kappa shape index (κ2) is 6.90. The van der Waals surface area contributed by atoms with Gasteiger partial charge in [-0.1, -0.05) is 19.3 Å². The minimum Gasteiger partial charge on any atom is -0.480 e. The summed E-state index contributed by atoms with van der Waals surface area (Å²) in [5.41, 5.74) is 0. The number of carboxylic acid groups (broad SMARTS) is 1. The largest absolute Gasteiger partial charge is 0.480 e. The lowest BCUT2D eigenvalue weighted by Crippen LogP contribution is -2.48. The van der Waals surface area contributed by atoms with Crippen LogP contribution in [0, 0.1) is 18.3 Å². The fraction of sp³-hybridized carbons (Fsp3) is 0.692. The predicted molar refractivity (Wildman–Crippen MR) is 68.0 cm³/mol. The summed E-state index contributed by atoms with van der Waals surface area (Å²) in [7, 11) is 0. The Morgan fingerprint density at radius 1 is 1.44 bits per heavy atom. The number of aliphatic carboxylic acids is 1. The van der Waals surface area contributed by atoms with Gasteiger partial charge >= 0.3 is 12.0 Å². The van der Waals surface area contributed by atoms with Crippen LogP contribution in [-0.4, -0.2) is 53.1 Å². The molecule has 0 spiro atoms. The number of hydrogen-bond acceptors (Lipinski definition) is 2. The van der Waals surface area contributed by atoms with Gasteiger partial charge in [-0.3, -0.25) is 4.79 Å². The van der Waals surface area contributed by atoms with Crippen molar-refractivity contribution in [1.82, 2.24) is 9.80 Å². The Bertz CT molecular complexity index is 341. The molecule has 0 aromatic rings. The first kappa shape index (κ1) is 14.4. The van der Waals surface area contributed by atoms with Gasteiger partial charge in [0.1, 0.15) is 6.54 Å². The standard InChI is InChI=1S/C13H20N2O3/c1-3-7-15(10-12(16)17)13(18)14-8-5-11(4-2)6-9-14/h1,11H,4-10H2,2H3,(H,16,17). The SMILES string of the molecule is C#CCN(CC(=O)O)C(=O)N1CCC(CC)CC1. The van der Waals surface area contributed by atoms with E-state index in [1.54, 1.807) is 4.90 Å². The summed E-state index contributed by atoms with van der Waals surface area (Å²) >= 11 is 0. The number of carbonyl (C=O) groups excluding carboxylic acids is 1. The number of terminal acetylenes is 1. The second-order valence-electron chi connectivity index (χ2n) is 4.58. The maximum Gasteiger partial charge on any atom is 0.323 e. The Kier molecular flexibility index (Phi) is 5.50. The van der Waals surface area contributed by atoms with Crippen molar-refractivity contribution in [2.24, 2.45) is 5.92 Å². The lowest BCUT2D eigenvalue weighted by molar-refractivity contribution is -0.137. The Balaban J connectivity index is 2.56. The third kappa shape index (κ3) is 3.95. The van der Waals surface area contributed by atoms with E-state index in [0.29, 0.717) is 19.0 Å². The molecule has 0 atom stereocenters. The van der Waals surface area contributed by atoms with Gasteiger partial charge in [0, 0.05) is 13.1 Å². The fourth-order valence-corrected chi connectivity index (χ4v) is 2.20. The summed E-state index contributed by atoms with van der Waals surface area (Å²) in [5, 5.41) is 8.76. The molecule has 1 fully saturated rings. The number of carbonyl (C=O) groups is 2. The van der Waals surface area contributed by atoms with Gasteiger partial charge in [0.2, 0.25) is 0 Å². The van der Waals surface area contributed by atoms with Crippen molar-refractivity contribution in [2.45, 2.75) is 26.2 Å². The molecule has 0 aromatic heterocycles. The minimum absolute atomic E-state index is 0.0405. The molecule has 5 heteroatoms. The molecule has 0 unspecified atom stereocenters. The maximum atomic E-state index is 12.1. The molecule has 5 nitrogen and oxygen atoms in total. The van der Waals surface area contributed by atoms with Gasteiger partial charge in [0.05, 0.1) is 6.54 Å². The first-order valence-corrected chi connectivity index (χ1v) is 6.27. The van der Waals surface area contributed by atoms with E-state index in [4.69, 9.17) is 11.5 Å². The van der Waals surface area contributed by atoms with Crippen LogP contribution in [0.4, 0.5) is 4.79 Å². The Hall–Kier alpha value is -1.70. The number of carboxylic acids is 1. The van der Waals surface area contributed by atoms with E-state index in [2.05, 4.69) is 12.8 Å². The van der Waals surface area contributed by atoms with Crippen LogP contribution in [0.15, 0.2) is 0 Å². The molecule has 100 valence electrons. The number of hydrogen-bond donors (Lipinski definition) is 1. The number of likely N-dealkylation sites (tertiary alicyclic amines) is 1. The molecule has 1 N–H and O–H groups in total. The average molecular weight is 252 g/mol. The van der Waals surface area contributed by atoms with E-state index < -0.39 is 5.97 Å². The Labute approximate surface area is 108 Å². The van der Waals surface area contributed by atoms with E-state index >= 15 is 0 Å². The molecule has 0 aromatic carbocycles. The van der Waals surface area contributed by atoms with Gasteiger partial charge < -0.3 is 14.9 Å². The summed E-state index contributed by atoms with van der Waals surface area (Å²) in [5.74, 6) is 1.96.